The Labute approximate surface area is 199 Å². The van der Waals surface area contributed by atoms with Gasteiger partial charge < -0.3 is 15.1 Å². The van der Waals surface area contributed by atoms with Crippen LogP contribution in [0.1, 0.15) is 64.8 Å². The summed E-state index contributed by atoms with van der Waals surface area (Å²) in [5, 5.41) is 21.3. The van der Waals surface area contributed by atoms with E-state index < -0.39 is 5.60 Å². The Kier molecular flexibility index (Phi) is 5.65. The Balaban J connectivity index is 0.00000274. The molecule has 0 aliphatic heterocycles. The third-order valence-electron chi connectivity index (χ3n) is 9.26. The quantitative estimate of drug-likeness (QED) is 0.622. The van der Waals surface area contributed by atoms with Crippen LogP contribution >= 0.6 is 0 Å². The van der Waals surface area contributed by atoms with Crippen molar-refractivity contribution in [1.82, 2.24) is 0 Å². The summed E-state index contributed by atoms with van der Waals surface area (Å²) in [5.74, 6) is 1.38. The molecule has 0 amide bonds. The Morgan fingerprint density at radius 3 is 2.61 bits per heavy atom. The number of aliphatic hydroxyl groups excluding tert-OH is 1. The van der Waals surface area contributed by atoms with Crippen molar-refractivity contribution in [3.63, 3.8) is 0 Å². The molecule has 0 aromatic heterocycles. The summed E-state index contributed by atoms with van der Waals surface area (Å²) in [7, 11) is 4.12. The minimum Gasteiger partial charge on any atom is -0.392 e. The molecule has 0 spiro atoms. The van der Waals surface area contributed by atoms with Gasteiger partial charge in [0, 0.05) is 39.0 Å². The summed E-state index contributed by atoms with van der Waals surface area (Å²) in [5.41, 5.74) is 5.62. The molecule has 5 rings (SSSR count). The number of hydrogen-bond donors (Lipinski definition) is 2. The first-order chi connectivity index (χ1) is 15.8. The Bertz CT molecular complexity index is 1040. The van der Waals surface area contributed by atoms with E-state index >= 15 is 0 Å². The molecular formula is C29H39NO3. The average Bonchev–Trinajstić information content (AvgIpc) is 3.07. The largest absolute Gasteiger partial charge is 0.392 e. The summed E-state index contributed by atoms with van der Waals surface area (Å²) in [6, 6.07) is 8.91. The smallest absolute Gasteiger partial charge is 0.156 e. The van der Waals surface area contributed by atoms with E-state index in [0.717, 1.165) is 38.5 Å². The standard InChI is InChI=1S/C29H37NO3.H2/c1-28-18-25(19-5-8-21(9-6-19)30(2)3)27-23-12-10-22(32)17-20(23)7-11-24(27)26(28)13-15-29(28,33)14-4-16-31;/h4-6,8-9,14,17,24-26,31,33H,7,10-13,15-16,18H2,1-3H3;1H/b14-4-;/t24-,25-,26+,28+,29+;/m1./s1. The second-order valence-corrected chi connectivity index (χ2v) is 11.0. The summed E-state index contributed by atoms with van der Waals surface area (Å²) in [6.07, 6.45) is 11.7. The van der Waals surface area contributed by atoms with E-state index in [1.54, 1.807) is 11.6 Å². The van der Waals surface area contributed by atoms with Gasteiger partial charge in [0.1, 0.15) is 0 Å². The van der Waals surface area contributed by atoms with Crippen molar-refractivity contribution < 1.29 is 16.4 Å². The van der Waals surface area contributed by atoms with Crippen LogP contribution in [-0.2, 0) is 4.79 Å². The normalized spacial score (nSPS) is 35.8. The summed E-state index contributed by atoms with van der Waals surface area (Å²) < 4.78 is 0. The average molecular weight is 450 g/mol. The first-order valence-corrected chi connectivity index (χ1v) is 12.5. The van der Waals surface area contributed by atoms with E-state index in [1.807, 2.05) is 12.2 Å². The van der Waals surface area contributed by atoms with Crippen molar-refractivity contribution in [3.05, 3.63) is 64.8 Å². The SMILES string of the molecule is CN(C)c1ccc([C@H]2C[C@@]3(C)[C@@H](CC[C@@]3(O)/C=C\CO)[C@H]3CCC4=CC(=O)CCC4=C23)cc1.[HH]. The zero-order valence-electron chi connectivity index (χ0n) is 20.2. The molecule has 4 nitrogen and oxygen atoms in total. The first kappa shape index (κ1) is 22.6. The summed E-state index contributed by atoms with van der Waals surface area (Å²) >= 11 is 0. The molecule has 4 aliphatic carbocycles. The molecule has 0 unspecified atom stereocenters. The van der Waals surface area contributed by atoms with E-state index in [2.05, 4.69) is 50.2 Å². The maximum Gasteiger partial charge on any atom is 0.156 e. The second kappa shape index (κ2) is 8.25. The molecular weight excluding hydrogens is 410 g/mol. The molecule has 2 N–H and O–H groups in total. The molecule has 4 aliphatic rings. The third-order valence-corrected chi connectivity index (χ3v) is 9.26. The summed E-state index contributed by atoms with van der Waals surface area (Å²) in [6.45, 7) is 2.24. The van der Waals surface area contributed by atoms with Crippen LogP contribution in [0.25, 0.3) is 0 Å². The number of ketones is 1. The van der Waals surface area contributed by atoms with Crippen LogP contribution in [-0.4, -0.2) is 42.3 Å². The van der Waals surface area contributed by atoms with Gasteiger partial charge in [0.2, 0.25) is 0 Å². The first-order valence-electron chi connectivity index (χ1n) is 12.5. The van der Waals surface area contributed by atoms with Crippen LogP contribution in [0.15, 0.2) is 59.2 Å². The van der Waals surface area contributed by atoms with Gasteiger partial charge in [-0.1, -0.05) is 36.8 Å². The highest BCUT2D eigenvalue weighted by Gasteiger charge is 2.61. The van der Waals surface area contributed by atoms with Gasteiger partial charge in [-0.15, -0.1) is 0 Å². The van der Waals surface area contributed by atoms with Gasteiger partial charge in [-0.25, -0.2) is 0 Å². The highest BCUT2D eigenvalue weighted by Crippen LogP contribution is 2.67. The minimum atomic E-state index is -0.892. The fraction of sp³-hybridized carbons (Fsp3) is 0.552. The lowest BCUT2D eigenvalue weighted by atomic mass is 9.51. The van der Waals surface area contributed by atoms with Gasteiger partial charge in [0.25, 0.3) is 0 Å². The van der Waals surface area contributed by atoms with E-state index in [-0.39, 0.29) is 25.1 Å². The third kappa shape index (κ3) is 3.54. The number of carbonyl (C=O) groups excluding carboxylic acids is 1. The molecule has 0 heterocycles. The van der Waals surface area contributed by atoms with Gasteiger partial charge in [0.15, 0.2) is 5.78 Å². The number of carbonyl (C=O) groups is 1. The molecule has 0 radical (unpaired) electrons. The molecule has 33 heavy (non-hydrogen) atoms. The zero-order valence-corrected chi connectivity index (χ0v) is 20.2. The zero-order chi connectivity index (χ0) is 23.4. The number of anilines is 1. The number of rotatable bonds is 4. The lowest BCUT2D eigenvalue weighted by Gasteiger charge is -2.54. The lowest BCUT2D eigenvalue weighted by molar-refractivity contribution is -0.114. The van der Waals surface area contributed by atoms with E-state index in [4.69, 9.17) is 0 Å². The Morgan fingerprint density at radius 1 is 1.15 bits per heavy atom. The van der Waals surface area contributed by atoms with Gasteiger partial charge in [0.05, 0.1) is 12.2 Å². The van der Waals surface area contributed by atoms with Crippen molar-refractivity contribution in [2.24, 2.45) is 17.3 Å². The maximum atomic E-state index is 12.2. The number of hydrogen-bond acceptors (Lipinski definition) is 4. The molecule has 178 valence electrons. The van der Waals surface area contributed by atoms with Gasteiger partial charge in [-0.2, -0.15) is 0 Å². The van der Waals surface area contributed by atoms with Gasteiger partial charge in [-0.3, -0.25) is 4.79 Å². The van der Waals surface area contributed by atoms with E-state index in [9.17, 15) is 15.0 Å². The van der Waals surface area contributed by atoms with Crippen LogP contribution in [0.4, 0.5) is 5.69 Å². The van der Waals surface area contributed by atoms with Crippen molar-refractivity contribution in [1.29, 1.82) is 0 Å². The van der Waals surface area contributed by atoms with Crippen LogP contribution < -0.4 is 4.90 Å². The second-order valence-electron chi connectivity index (χ2n) is 11.0. The van der Waals surface area contributed by atoms with Gasteiger partial charge >= 0.3 is 0 Å². The van der Waals surface area contributed by atoms with Crippen LogP contribution in [0.2, 0.25) is 0 Å². The molecule has 1 aromatic rings. The van der Waals surface area contributed by atoms with Crippen molar-refractivity contribution in [3.8, 4) is 0 Å². The van der Waals surface area contributed by atoms with Crippen LogP contribution in [0, 0.1) is 17.3 Å². The number of aliphatic hydroxyl groups is 2. The molecule has 5 atom stereocenters. The van der Waals surface area contributed by atoms with E-state index in [0.29, 0.717) is 18.3 Å². The topological polar surface area (TPSA) is 60.8 Å². The van der Waals surface area contributed by atoms with Crippen molar-refractivity contribution in [2.75, 3.05) is 25.6 Å². The Morgan fingerprint density at radius 2 is 1.91 bits per heavy atom. The highest BCUT2D eigenvalue weighted by molar-refractivity contribution is 5.93. The number of benzene rings is 1. The maximum absolute atomic E-state index is 12.2. The summed E-state index contributed by atoms with van der Waals surface area (Å²) in [4.78, 5) is 14.3. The lowest BCUT2D eigenvalue weighted by Crippen LogP contribution is -2.50. The molecule has 0 saturated heterocycles. The van der Waals surface area contributed by atoms with Crippen LogP contribution in [0.5, 0.6) is 0 Å². The highest BCUT2D eigenvalue weighted by atomic mass is 16.3. The van der Waals surface area contributed by atoms with Crippen molar-refractivity contribution >= 4 is 11.5 Å². The molecule has 2 saturated carbocycles. The van der Waals surface area contributed by atoms with Crippen molar-refractivity contribution in [2.45, 2.75) is 63.4 Å². The Hall–Kier alpha value is -2.17. The number of fused-ring (bicyclic) bond motifs is 4. The number of allylic oxidation sites excluding steroid dienone is 4. The fourth-order valence-corrected chi connectivity index (χ4v) is 7.52. The molecule has 4 heteroatoms. The molecule has 0 bridgehead atoms. The molecule has 1 aromatic carbocycles. The number of nitrogens with zero attached hydrogens (tertiary/aromatic N) is 1. The fourth-order valence-electron chi connectivity index (χ4n) is 7.52. The minimum absolute atomic E-state index is 0. The molecule has 2 fully saturated rings. The predicted molar refractivity (Wildman–Crippen MR) is 134 cm³/mol. The predicted octanol–water partition coefficient (Wildman–Crippen LogP) is 5.18. The van der Waals surface area contributed by atoms with Crippen LogP contribution in [0.3, 0.4) is 0 Å². The van der Waals surface area contributed by atoms with E-state index in [1.165, 1.54) is 22.4 Å². The monoisotopic (exact) mass is 449 g/mol. The van der Waals surface area contributed by atoms with Gasteiger partial charge in [-0.05, 0) is 85.3 Å².